The number of hydrogen-bond acceptors (Lipinski definition) is 3. The second-order valence-electron chi connectivity index (χ2n) is 4.88. The van der Waals surface area contributed by atoms with E-state index in [1.165, 1.54) is 24.8 Å². The number of carbonyl (C=O) groups excluding carboxylic acids is 1. The second kappa shape index (κ2) is 8.09. The predicted octanol–water partition coefficient (Wildman–Crippen LogP) is 3.16. The molecular weight excluding hydrogens is 266 g/mol. The third-order valence-electron chi connectivity index (χ3n) is 3.12. The first-order valence-electron chi connectivity index (χ1n) is 7.29. The van der Waals surface area contributed by atoms with Crippen LogP contribution in [0.2, 0.25) is 0 Å². The lowest BCUT2D eigenvalue weighted by Crippen LogP contribution is -2.20. The molecule has 5 nitrogen and oxygen atoms in total. The molecule has 2 N–H and O–H groups in total. The van der Waals surface area contributed by atoms with E-state index in [0.717, 1.165) is 6.42 Å². The van der Waals surface area contributed by atoms with E-state index in [9.17, 15) is 4.79 Å². The summed E-state index contributed by atoms with van der Waals surface area (Å²) >= 11 is 0. The van der Waals surface area contributed by atoms with Gasteiger partial charge in [-0.15, -0.1) is 0 Å². The molecule has 0 saturated heterocycles. The molecule has 1 heterocycles. The van der Waals surface area contributed by atoms with Gasteiger partial charge in [0.1, 0.15) is 5.75 Å². The molecular formula is C16H21N3O2. The number of ether oxygens (including phenoxy) is 1. The fourth-order valence-corrected chi connectivity index (χ4v) is 1.98. The summed E-state index contributed by atoms with van der Waals surface area (Å²) in [6.07, 6.45) is 8.01. The van der Waals surface area contributed by atoms with Gasteiger partial charge in [0.25, 0.3) is 5.91 Å². The number of H-pyrrole nitrogens is 1. The minimum absolute atomic E-state index is 0.0319. The molecule has 0 saturated carbocycles. The van der Waals surface area contributed by atoms with Gasteiger partial charge >= 0.3 is 0 Å². The van der Waals surface area contributed by atoms with Crippen molar-refractivity contribution < 1.29 is 9.53 Å². The molecule has 0 atom stereocenters. The molecule has 0 radical (unpaired) electrons. The Morgan fingerprint density at radius 3 is 2.76 bits per heavy atom. The van der Waals surface area contributed by atoms with E-state index in [1.54, 1.807) is 12.4 Å². The van der Waals surface area contributed by atoms with Gasteiger partial charge in [-0.25, -0.2) is 4.98 Å². The predicted molar refractivity (Wildman–Crippen MR) is 82.4 cm³/mol. The van der Waals surface area contributed by atoms with Crippen molar-refractivity contribution in [3.63, 3.8) is 0 Å². The first-order valence-corrected chi connectivity index (χ1v) is 7.29. The molecule has 112 valence electrons. The Hall–Kier alpha value is -2.30. The third-order valence-corrected chi connectivity index (χ3v) is 3.12. The fraction of sp³-hybridized carbons (Fsp3) is 0.375. The Morgan fingerprint density at radius 1 is 1.29 bits per heavy atom. The van der Waals surface area contributed by atoms with Gasteiger partial charge in [0.05, 0.1) is 0 Å². The lowest BCUT2D eigenvalue weighted by Gasteiger charge is -2.07. The quantitative estimate of drug-likeness (QED) is 0.733. The van der Waals surface area contributed by atoms with Crippen LogP contribution in [0.4, 0.5) is 5.95 Å². The van der Waals surface area contributed by atoms with Gasteiger partial charge in [0.2, 0.25) is 5.95 Å². The van der Waals surface area contributed by atoms with Crippen LogP contribution in [-0.2, 0) is 11.2 Å². The second-order valence-corrected chi connectivity index (χ2v) is 4.88. The molecule has 21 heavy (non-hydrogen) atoms. The number of carbonyl (C=O) groups is 1. The normalized spacial score (nSPS) is 10.3. The van der Waals surface area contributed by atoms with Crippen molar-refractivity contribution in [3.8, 4) is 5.75 Å². The Morgan fingerprint density at radius 2 is 2.10 bits per heavy atom. The van der Waals surface area contributed by atoms with Crippen molar-refractivity contribution >= 4 is 11.9 Å². The van der Waals surface area contributed by atoms with E-state index in [4.69, 9.17) is 4.74 Å². The number of amides is 1. The number of anilines is 1. The molecule has 2 aromatic rings. The maximum absolute atomic E-state index is 11.6. The Kier molecular flexibility index (Phi) is 5.82. The summed E-state index contributed by atoms with van der Waals surface area (Å²) in [6, 6.07) is 7.91. The maximum Gasteiger partial charge on any atom is 0.264 e. The molecule has 1 aromatic carbocycles. The molecule has 0 aliphatic heterocycles. The van der Waals surface area contributed by atoms with E-state index in [0.29, 0.717) is 11.7 Å². The number of nitrogens with zero attached hydrogens (tertiary/aromatic N) is 1. The van der Waals surface area contributed by atoms with Crippen LogP contribution in [0.3, 0.4) is 0 Å². The SMILES string of the molecule is CCCCCc1ccc(OCC(=O)Nc2ncc[nH]2)cc1. The van der Waals surface area contributed by atoms with Gasteiger partial charge in [0, 0.05) is 12.4 Å². The first-order chi connectivity index (χ1) is 10.3. The molecule has 1 amide bonds. The van der Waals surface area contributed by atoms with Crippen LogP contribution in [0.5, 0.6) is 5.75 Å². The van der Waals surface area contributed by atoms with Gasteiger partial charge in [0.15, 0.2) is 6.61 Å². The van der Waals surface area contributed by atoms with Crippen LogP contribution in [0.1, 0.15) is 31.7 Å². The fourth-order valence-electron chi connectivity index (χ4n) is 1.98. The van der Waals surface area contributed by atoms with Crippen LogP contribution in [-0.4, -0.2) is 22.5 Å². The number of unbranched alkanes of at least 4 members (excludes halogenated alkanes) is 2. The molecule has 0 bridgehead atoms. The van der Waals surface area contributed by atoms with Crippen molar-refractivity contribution in [2.24, 2.45) is 0 Å². The van der Waals surface area contributed by atoms with Crippen molar-refractivity contribution in [3.05, 3.63) is 42.2 Å². The molecule has 2 rings (SSSR count). The van der Waals surface area contributed by atoms with Gasteiger partial charge in [-0.2, -0.15) is 0 Å². The molecule has 5 heteroatoms. The van der Waals surface area contributed by atoms with Gasteiger partial charge in [-0.1, -0.05) is 31.9 Å². The van der Waals surface area contributed by atoms with E-state index in [2.05, 4.69) is 34.3 Å². The monoisotopic (exact) mass is 287 g/mol. The highest BCUT2D eigenvalue weighted by atomic mass is 16.5. The molecule has 0 aliphatic rings. The molecule has 0 unspecified atom stereocenters. The lowest BCUT2D eigenvalue weighted by molar-refractivity contribution is -0.118. The van der Waals surface area contributed by atoms with Crippen molar-refractivity contribution in [1.29, 1.82) is 0 Å². The topological polar surface area (TPSA) is 67.0 Å². The zero-order valence-corrected chi connectivity index (χ0v) is 12.3. The Balaban J connectivity index is 1.74. The summed E-state index contributed by atoms with van der Waals surface area (Å²) in [4.78, 5) is 18.3. The summed E-state index contributed by atoms with van der Waals surface area (Å²) in [5, 5.41) is 2.61. The average Bonchev–Trinajstić information content (AvgIpc) is 2.99. The van der Waals surface area contributed by atoms with Gasteiger partial charge in [-0.3, -0.25) is 10.1 Å². The molecule has 0 fully saturated rings. The van der Waals surface area contributed by atoms with Crippen LogP contribution in [0, 0.1) is 0 Å². The van der Waals surface area contributed by atoms with Crippen LogP contribution in [0.25, 0.3) is 0 Å². The molecule has 0 aliphatic carbocycles. The Labute approximate surface area is 124 Å². The minimum Gasteiger partial charge on any atom is -0.484 e. The van der Waals surface area contributed by atoms with Crippen molar-refractivity contribution in [2.75, 3.05) is 11.9 Å². The number of aromatic amines is 1. The standard InChI is InChI=1S/C16H21N3O2/c1-2-3-4-5-13-6-8-14(9-7-13)21-12-15(20)19-16-17-10-11-18-16/h6-11H,2-5,12H2,1H3,(H2,17,18,19,20). The summed E-state index contributed by atoms with van der Waals surface area (Å²) in [5.74, 6) is 0.885. The summed E-state index contributed by atoms with van der Waals surface area (Å²) in [5.41, 5.74) is 1.30. The van der Waals surface area contributed by atoms with Crippen LogP contribution >= 0.6 is 0 Å². The van der Waals surface area contributed by atoms with Crippen LogP contribution < -0.4 is 10.1 Å². The summed E-state index contributed by atoms with van der Waals surface area (Å²) < 4.78 is 5.44. The van der Waals surface area contributed by atoms with Crippen LogP contribution in [0.15, 0.2) is 36.7 Å². The maximum atomic E-state index is 11.6. The number of rotatable bonds is 8. The van der Waals surface area contributed by atoms with Gasteiger partial charge < -0.3 is 9.72 Å². The number of imidazole rings is 1. The van der Waals surface area contributed by atoms with Gasteiger partial charge in [-0.05, 0) is 30.5 Å². The number of aromatic nitrogens is 2. The highest BCUT2D eigenvalue weighted by molar-refractivity contribution is 5.90. The highest BCUT2D eigenvalue weighted by Crippen LogP contribution is 2.14. The largest absolute Gasteiger partial charge is 0.484 e. The number of hydrogen-bond donors (Lipinski definition) is 2. The zero-order chi connectivity index (χ0) is 14.9. The Bertz CT molecular complexity index is 535. The minimum atomic E-state index is -0.239. The highest BCUT2D eigenvalue weighted by Gasteiger charge is 2.04. The van der Waals surface area contributed by atoms with E-state index in [-0.39, 0.29) is 12.5 Å². The first kappa shape index (κ1) is 15.1. The lowest BCUT2D eigenvalue weighted by atomic mass is 10.1. The molecule has 1 aromatic heterocycles. The smallest absolute Gasteiger partial charge is 0.264 e. The molecule has 0 spiro atoms. The van der Waals surface area contributed by atoms with Crippen molar-refractivity contribution in [1.82, 2.24) is 9.97 Å². The average molecular weight is 287 g/mol. The summed E-state index contributed by atoms with van der Waals surface area (Å²) in [6.45, 7) is 2.17. The number of benzene rings is 1. The zero-order valence-electron chi connectivity index (χ0n) is 12.3. The third kappa shape index (κ3) is 5.30. The van der Waals surface area contributed by atoms with E-state index in [1.807, 2.05) is 12.1 Å². The van der Waals surface area contributed by atoms with Crippen molar-refractivity contribution in [2.45, 2.75) is 32.6 Å². The summed E-state index contributed by atoms with van der Waals surface area (Å²) in [7, 11) is 0. The number of aryl methyl sites for hydroxylation is 1. The van der Waals surface area contributed by atoms with E-state index >= 15 is 0 Å². The van der Waals surface area contributed by atoms with E-state index < -0.39 is 0 Å². The number of nitrogens with one attached hydrogen (secondary N) is 2.